The van der Waals surface area contributed by atoms with E-state index in [0.717, 1.165) is 19.5 Å². The molecule has 0 N–H and O–H groups in total. The van der Waals surface area contributed by atoms with Gasteiger partial charge in [0.1, 0.15) is 0 Å². The van der Waals surface area contributed by atoms with Gasteiger partial charge in [0.2, 0.25) is 0 Å². The van der Waals surface area contributed by atoms with Gasteiger partial charge in [0, 0.05) is 13.1 Å². The molecule has 1 nitrogen and oxygen atoms in total. The highest BCUT2D eigenvalue weighted by molar-refractivity contribution is 5.54. The minimum absolute atomic E-state index is 0.298. The Labute approximate surface area is 173 Å². The molecule has 0 radical (unpaired) electrons. The van der Waals surface area contributed by atoms with Crippen molar-refractivity contribution in [1.29, 1.82) is 0 Å². The van der Waals surface area contributed by atoms with E-state index in [-0.39, 0.29) is 5.54 Å². The molecule has 0 saturated heterocycles. The van der Waals surface area contributed by atoms with Gasteiger partial charge in [0.15, 0.2) is 0 Å². The van der Waals surface area contributed by atoms with E-state index in [1.54, 1.807) is 0 Å². The molecule has 1 heterocycles. The largest absolute Gasteiger partial charge is 0.281 e. The van der Waals surface area contributed by atoms with E-state index in [1.165, 1.54) is 27.8 Å². The van der Waals surface area contributed by atoms with Gasteiger partial charge in [0.25, 0.3) is 0 Å². The number of fused-ring (bicyclic) bond motifs is 1. The van der Waals surface area contributed by atoms with E-state index in [0.29, 0.717) is 0 Å². The third-order valence-corrected chi connectivity index (χ3v) is 6.13. The highest BCUT2D eigenvalue weighted by Gasteiger charge is 2.45. The van der Waals surface area contributed by atoms with Crippen molar-refractivity contribution in [2.45, 2.75) is 18.5 Å². The molecule has 0 atom stereocenters. The lowest BCUT2D eigenvalue weighted by atomic mass is 9.71. The molecule has 29 heavy (non-hydrogen) atoms. The zero-order valence-electron chi connectivity index (χ0n) is 16.5. The molecular weight excluding hydrogens is 350 g/mol. The van der Waals surface area contributed by atoms with Gasteiger partial charge in [-0.2, -0.15) is 0 Å². The van der Waals surface area contributed by atoms with Crippen molar-refractivity contribution in [3.05, 3.63) is 143 Å². The molecule has 1 aliphatic rings. The Morgan fingerprint density at radius 2 is 1.10 bits per heavy atom. The first-order valence-corrected chi connectivity index (χ1v) is 10.4. The molecule has 0 bridgehead atoms. The van der Waals surface area contributed by atoms with Crippen LogP contribution in [0.25, 0.3) is 0 Å². The molecule has 0 aromatic heterocycles. The van der Waals surface area contributed by atoms with Gasteiger partial charge in [0.05, 0.1) is 5.54 Å². The third-order valence-electron chi connectivity index (χ3n) is 6.13. The van der Waals surface area contributed by atoms with Gasteiger partial charge >= 0.3 is 0 Å². The monoisotopic (exact) mass is 375 g/mol. The summed E-state index contributed by atoms with van der Waals surface area (Å²) in [6, 6.07) is 41.8. The fourth-order valence-corrected chi connectivity index (χ4v) is 4.89. The van der Waals surface area contributed by atoms with Gasteiger partial charge in [-0.3, -0.25) is 4.90 Å². The van der Waals surface area contributed by atoms with Crippen molar-refractivity contribution < 1.29 is 0 Å². The topological polar surface area (TPSA) is 3.24 Å². The fourth-order valence-electron chi connectivity index (χ4n) is 4.89. The van der Waals surface area contributed by atoms with Gasteiger partial charge < -0.3 is 0 Å². The third kappa shape index (κ3) is 3.08. The molecule has 0 saturated carbocycles. The summed E-state index contributed by atoms with van der Waals surface area (Å²) in [6.45, 7) is 1.94. The average molecular weight is 376 g/mol. The number of benzene rings is 4. The maximum Gasteiger partial charge on any atom is 0.0978 e. The quantitative estimate of drug-likeness (QED) is 0.420. The molecular formula is C28H25N. The Hall–Kier alpha value is -3.16. The maximum absolute atomic E-state index is 2.66. The summed E-state index contributed by atoms with van der Waals surface area (Å²) >= 11 is 0. The molecule has 0 unspecified atom stereocenters. The summed E-state index contributed by atoms with van der Waals surface area (Å²) in [4.78, 5) is 2.66. The van der Waals surface area contributed by atoms with Crippen LogP contribution in [-0.2, 0) is 18.5 Å². The number of rotatable bonds is 4. The standard InChI is InChI=1S/C28H25N/c1-4-12-23(13-5-1)22-29-21-20-24-14-10-11-19-27(24)28(29,25-15-6-2-7-16-25)26-17-8-3-9-18-26/h1-19H,20-22H2. The Kier molecular flexibility index (Phi) is 4.75. The van der Waals surface area contributed by atoms with Crippen molar-refractivity contribution >= 4 is 0 Å². The average Bonchev–Trinajstić information content (AvgIpc) is 2.81. The summed E-state index contributed by atoms with van der Waals surface area (Å²) in [5.41, 5.74) is 6.56. The van der Waals surface area contributed by atoms with Crippen LogP contribution in [0.3, 0.4) is 0 Å². The summed E-state index contributed by atoms with van der Waals surface area (Å²) in [5.74, 6) is 0. The lowest BCUT2D eigenvalue weighted by molar-refractivity contribution is 0.135. The van der Waals surface area contributed by atoms with E-state index in [4.69, 9.17) is 0 Å². The second kappa shape index (κ2) is 7.69. The smallest absolute Gasteiger partial charge is 0.0978 e. The fraction of sp³-hybridized carbons (Fsp3) is 0.143. The van der Waals surface area contributed by atoms with Crippen molar-refractivity contribution in [2.75, 3.05) is 6.54 Å². The summed E-state index contributed by atoms with van der Waals surface area (Å²) < 4.78 is 0. The van der Waals surface area contributed by atoms with Crippen molar-refractivity contribution in [1.82, 2.24) is 4.90 Å². The second-order valence-electron chi connectivity index (χ2n) is 7.76. The zero-order chi connectivity index (χ0) is 19.5. The first-order chi connectivity index (χ1) is 14.4. The molecule has 0 amide bonds. The summed E-state index contributed by atoms with van der Waals surface area (Å²) in [6.07, 6.45) is 1.07. The molecule has 0 fully saturated rings. The van der Waals surface area contributed by atoms with Crippen LogP contribution in [0.1, 0.15) is 27.8 Å². The first kappa shape index (κ1) is 17.9. The Balaban J connectivity index is 1.79. The molecule has 1 aliphatic heterocycles. The zero-order valence-corrected chi connectivity index (χ0v) is 16.5. The highest BCUT2D eigenvalue weighted by Crippen LogP contribution is 2.46. The van der Waals surface area contributed by atoms with Crippen LogP contribution < -0.4 is 0 Å². The Morgan fingerprint density at radius 1 is 0.586 bits per heavy atom. The highest BCUT2D eigenvalue weighted by atomic mass is 15.2. The van der Waals surface area contributed by atoms with Crippen LogP contribution in [0.2, 0.25) is 0 Å². The van der Waals surface area contributed by atoms with Gasteiger partial charge in [-0.15, -0.1) is 0 Å². The van der Waals surface area contributed by atoms with Gasteiger partial charge in [-0.1, -0.05) is 115 Å². The van der Waals surface area contributed by atoms with E-state index >= 15 is 0 Å². The molecule has 4 aromatic rings. The predicted molar refractivity (Wildman–Crippen MR) is 120 cm³/mol. The molecule has 4 aromatic carbocycles. The van der Waals surface area contributed by atoms with Crippen LogP contribution in [0, 0.1) is 0 Å². The Bertz CT molecular complexity index is 1030. The number of hydrogen-bond acceptors (Lipinski definition) is 1. The van der Waals surface area contributed by atoms with Gasteiger partial charge in [-0.05, 0) is 34.2 Å². The van der Waals surface area contributed by atoms with Crippen LogP contribution >= 0.6 is 0 Å². The maximum atomic E-state index is 2.66. The van der Waals surface area contributed by atoms with Crippen LogP contribution in [0.5, 0.6) is 0 Å². The minimum Gasteiger partial charge on any atom is -0.281 e. The molecule has 0 aliphatic carbocycles. The van der Waals surface area contributed by atoms with Gasteiger partial charge in [-0.25, -0.2) is 0 Å². The second-order valence-corrected chi connectivity index (χ2v) is 7.76. The van der Waals surface area contributed by atoms with Crippen LogP contribution in [-0.4, -0.2) is 11.4 Å². The van der Waals surface area contributed by atoms with E-state index in [1.807, 2.05) is 0 Å². The minimum atomic E-state index is -0.298. The van der Waals surface area contributed by atoms with E-state index in [2.05, 4.69) is 120 Å². The lowest BCUT2D eigenvalue weighted by Crippen LogP contribution is -2.51. The molecule has 1 heteroatoms. The van der Waals surface area contributed by atoms with Crippen molar-refractivity contribution in [3.63, 3.8) is 0 Å². The number of nitrogens with zero attached hydrogens (tertiary/aromatic N) is 1. The van der Waals surface area contributed by atoms with Crippen molar-refractivity contribution in [2.24, 2.45) is 0 Å². The van der Waals surface area contributed by atoms with Crippen LogP contribution in [0.4, 0.5) is 0 Å². The SMILES string of the molecule is c1ccc(CN2CCc3ccccc3C2(c2ccccc2)c2ccccc2)cc1. The van der Waals surface area contributed by atoms with Crippen molar-refractivity contribution in [3.8, 4) is 0 Å². The lowest BCUT2D eigenvalue weighted by Gasteiger charge is -2.49. The molecule has 0 spiro atoms. The Morgan fingerprint density at radius 3 is 1.72 bits per heavy atom. The molecule has 5 rings (SSSR count). The van der Waals surface area contributed by atoms with E-state index < -0.39 is 0 Å². The predicted octanol–water partition coefficient (Wildman–Crippen LogP) is 6.04. The summed E-state index contributed by atoms with van der Waals surface area (Å²) in [7, 11) is 0. The molecule has 142 valence electrons. The number of hydrogen-bond donors (Lipinski definition) is 0. The summed E-state index contributed by atoms with van der Waals surface area (Å²) in [5, 5.41) is 0. The van der Waals surface area contributed by atoms with E-state index in [9.17, 15) is 0 Å². The first-order valence-electron chi connectivity index (χ1n) is 10.4. The van der Waals surface area contributed by atoms with Crippen LogP contribution in [0.15, 0.2) is 115 Å². The normalized spacial score (nSPS) is 15.6.